The predicted octanol–water partition coefficient (Wildman–Crippen LogP) is 2.80. The molecule has 1 N–H and O–H groups in total. The SMILES string of the molecule is COc1cccc(CN2CCC3(CC2)Cc2nc(-c4cccc(F)c4)nn2CC(=O)N3)c1. The van der Waals surface area contributed by atoms with Gasteiger partial charge in [0, 0.05) is 37.2 Å². The second-order valence-corrected chi connectivity index (χ2v) is 8.65. The molecule has 0 bridgehead atoms. The van der Waals surface area contributed by atoms with E-state index < -0.39 is 0 Å². The average Bonchev–Trinajstić information content (AvgIpc) is 3.11. The Bertz CT molecular complexity index is 1140. The molecular weight excluding hydrogens is 409 g/mol. The molecule has 2 aliphatic rings. The molecule has 32 heavy (non-hydrogen) atoms. The fraction of sp³-hybridized carbons (Fsp3) is 0.375. The van der Waals surface area contributed by atoms with Crippen molar-refractivity contribution in [3.8, 4) is 17.1 Å². The van der Waals surface area contributed by atoms with Gasteiger partial charge < -0.3 is 10.1 Å². The maximum absolute atomic E-state index is 13.6. The van der Waals surface area contributed by atoms with Crippen molar-refractivity contribution < 1.29 is 13.9 Å². The van der Waals surface area contributed by atoms with E-state index in [1.807, 2.05) is 12.1 Å². The number of piperidine rings is 1. The second kappa shape index (κ2) is 8.35. The highest BCUT2D eigenvalue weighted by atomic mass is 19.1. The highest BCUT2D eigenvalue weighted by Gasteiger charge is 2.39. The number of methoxy groups -OCH3 is 1. The van der Waals surface area contributed by atoms with E-state index in [2.05, 4.69) is 32.4 Å². The van der Waals surface area contributed by atoms with Crippen molar-refractivity contribution in [3.63, 3.8) is 0 Å². The molecule has 2 aliphatic heterocycles. The zero-order valence-electron chi connectivity index (χ0n) is 18.1. The van der Waals surface area contributed by atoms with Crippen LogP contribution in [-0.4, -0.2) is 51.3 Å². The maximum Gasteiger partial charge on any atom is 0.242 e. The number of halogens is 1. The van der Waals surface area contributed by atoms with Gasteiger partial charge in [-0.3, -0.25) is 9.69 Å². The summed E-state index contributed by atoms with van der Waals surface area (Å²) in [5, 5.41) is 7.75. The van der Waals surface area contributed by atoms with Crippen LogP contribution in [-0.2, 0) is 24.3 Å². The highest BCUT2D eigenvalue weighted by Crippen LogP contribution is 2.30. The van der Waals surface area contributed by atoms with Crippen LogP contribution in [0.5, 0.6) is 5.75 Å². The lowest BCUT2D eigenvalue weighted by molar-refractivity contribution is -0.123. The average molecular weight is 436 g/mol. The van der Waals surface area contributed by atoms with Crippen molar-refractivity contribution in [2.24, 2.45) is 0 Å². The van der Waals surface area contributed by atoms with Gasteiger partial charge >= 0.3 is 0 Å². The number of carbonyl (C=O) groups is 1. The number of nitrogens with zero attached hydrogens (tertiary/aromatic N) is 4. The number of fused-ring (bicyclic) bond motifs is 1. The molecule has 8 heteroatoms. The lowest BCUT2D eigenvalue weighted by atomic mass is 9.84. The van der Waals surface area contributed by atoms with Crippen LogP contribution < -0.4 is 10.1 Å². The molecule has 166 valence electrons. The molecule has 0 atom stereocenters. The molecule has 0 aliphatic carbocycles. The van der Waals surface area contributed by atoms with Crippen LogP contribution in [0.25, 0.3) is 11.4 Å². The molecule has 5 rings (SSSR count). The van der Waals surface area contributed by atoms with Crippen LogP contribution in [0.1, 0.15) is 24.2 Å². The molecule has 2 aromatic carbocycles. The molecule has 1 amide bonds. The van der Waals surface area contributed by atoms with Crippen LogP contribution in [0.15, 0.2) is 48.5 Å². The van der Waals surface area contributed by atoms with Gasteiger partial charge in [-0.2, -0.15) is 5.10 Å². The molecule has 1 fully saturated rings. The van der Waals surface area contributed by atoms with Gasteiger partial charge in [0.05, 0.1) is 7.11 Å². The summed E-state index contributed by atoms with van der Waals surface area (Å²) in [4.78, 5) is 19.8. The molecule has 3 aromatic rings. The van der Waals surface area contributed by atoms with Crippen molar-refractivity contribution in [1.29, 1.82) is 0 Å². The lowest BCUT2D eigenvalue weighted by Gasteiger charge is -2.41. The van der Waals surface area contributed by atoms with Gasteiger partial charge in [0.1, 0.15) is 23.9 Å². The Morgan fingerprint density at radius 2 is 1.97 bits per heavy atom. The molecule has 1 aromatic heterocycles. The number of benzene rings is 2. The van der Waals surface area contributed by atoms with Crippen LogP contribution in [0.2, 0.25) is 0 Å². The first kappa shape index (κ1) is 20.6. The Balaban J connectivity index is 1.31. The van der Waals surface area contributed by atoms with E-state index in [-0.39, 0.29) is 23.8 Å². The Hall–Kier alpha value is -3.26. The summed E-state index contributed by atoms with van der Waals surface area (Å²) < 4.78 is 20.6. The highest BCUT2D eigenvalue weighted by molar-refractivity contribution is 5.77. The standard InChI is InChI=1S/C24H26FN5O2/c1-32-20-7-2-4-17(12-20)15-29-10-8-24(9-11-29)14-21-26-23(18-5-3-6-19(25)13-18)28-30(21)16-22(31)27-24/h2-7,12-13H,8-11,14-16H2,1H3,(H,27,31). The number of hydrogen-bond acceptors (Lipinski definition) is 5. The minimum absolute atomic E-state index is 0.0549. The van der Waals surface area contributed by atoms with Gasteiger partial charge in [0.25, 0.3) is 0 Å². The smallest absolute Gasteiger partial charge is 0.242 e. The zero-order valence-corrected chi connectivity index (χ0v) is 18.1. The number of nitrogens with one attached hydrogen (secondary N) is 1. The third-order valence-corrected chi connectivity index (χ3v) is 6.38. The van der Waals surface area contributed by atoms with Crippen LogP contribution in [0, 0.1) is 5.82 Å². The van der Waals surface area contributed by atoms with E-state index in [0.29, 0.717) is 17.8 Å². The molecule has 0 unspecified atom stereocenters. The van der Waals surface area contributed by atoms with Gasteiger partial charge in [0.2, 0.25) is 5.91 Å². The Morgan fingerprint density at radius 3 is 2.75 bits per heavy atom. The van der Waals surface area contributed by atoms with Crippen molar-refractivity contribution in [2.75, 3.05) is 20.2 Å². The van der Waals surface area contributed by atoms with Crippen molar-refractivity contribution >= 4 is 5.91 Å². The van der Waals surface area contributed by atoms with Gasteiger partial charge in [0.15, 0.2) is 5.82 Å². The van der Waals surface area contributed by atoms with Gasteiger partial charge in [-0.15, -0.1) is 0 Å². The number of likely N-dealkylation sites (tertiary alicyclic amines) is 1. The van der Waals surface area contributed by atoms with Crippen molar-refractivity contribution in [3.05, 3.63) is 65.7 Å². The van der Waals surface area contributed by atoms with Gasteiger partial charge in [-0.1, -0.05) is 24.3 Å². The molecule has 0 saturated carbocycles. The van der Waals surface area contributed by atoms with Crippen LogP contribution in [0.4, 0.5) is 4.39 Å². The fourth-order valence-corrected chi connectivity index (χ4v) is 4.67. The first-order chi connectivity index (χ1) is 15.5. The van der Waals surface area contributed by atoms with E-state index in [0.717, 1.165) is 44.0 Å². The van der Waals surface area contributed by atoms with Crippen LogP contribution >= 0.6 is 0 Å². The third-order valence-electron chi connectivity index (χ3n) is 6.38. The quantitative estimate of drug-likeness (QED) is 0.682. The number of aromatic nitrogens is 3. The number of ether oxygens (including phenoxy) is 1. The number of rotatable bonds is 4. The normalized spacial score (nSPS) is 18.1. The second-order valence-electron chi connectivity index (χ2n) is 8.65. The van der Waals surface area contributed by atoms with E-state index in [9.17, 15) is 9.18 Å². The Morgan fingerprint density at radius 1 is 1.16 bits per heavy atom. The monoisotopic (exact) mass is 435 g/mol. The fourth-order valence-electron chi connectivity index (χ4n) is 4.67. The first-order valence-corrected chi connectivity index (χ1v) is 10.9. The minimum atomic E-state index is -0.331. The third kappa shape index (κ3) is 4.23. The Kier molecular flexibility index (Phi) is 5.38. The first-order valence-electron chi connectivity index (χ1n) is 10.9. The molecule has 3 heterocycles. The van der Waals surface area contributed by atoms with Gasteiger partial charge in [-0.05, 0) is 42.7 Å². The molecule has 7 nitrogen and oxygen atoms in total. The molecule has 0 radical (unpaired) electrons. The largest absolute Gasteiger partial charge is 0.497 e. The summed E-state index contributed by atoms with van der Waals surface area (Å²) in [6.07, 6.45) is 2.30. The molecule has 1 spiro atoms. The maximum atomic E-state index is 13.6. The summed E-state index contributed by atoms with van der Waals surface area (Å²) in [6, 6.07) is 14.4. The number of carbonyl (C=O) groups excluding carboxylic acids is 1. The van der Waals surface area contributed by atoms with Crippen molar-refractivity contribution in [2.45, 2.75) is 37.9 Å². The number of hydrogen-bond donors (Lipinski definition) is 1. The summed E-state index contributed by atoms with van der Waals surface area (Å²) in [5.74, 6) is 1.70. The van der Waals surface area contributed by atoms with E-state index in [1.54, 1.807) is 23.9 Å². The van der Waals surface area contributed by atoms with Crippen LogP contribution in [0.3, 0.4) is 0 Å². The minimum Gasteiger partial charge on any atom is -0.497 e. The topological polar surface area (TPSA) is 72.3 Å². The summed E-state index contributed by atoms with van der Waals surface area (Å²) in [7, 11) is 1.68. The lowest BCUT2D eigenvalue weighted by Crippen LogP contribution is -2.56. The van der Waals surface area contributed by atoms with E-state index in [4.69, 9.17) is 4.74 Å². The van der Waals surface area contributed by atoms with Gasteiger partial charge in [-0.25, -0.2) is 14.1 Å². The zero-order chi connectivity index (χ0) is 22.1. The van der Waals surface area contributed by atoms with E-state index >= 15 is 0 Å². The molecular formula is C24H26FN5O2. The molecule has 1 saturated heterocycles. The van der Waals surface area contributed by atoms with Crippen molar-refractivity contribution in [1.82, 2.24) is 25.0 Å². The number of amides is 1. The van der Waals surface area contributed by atoms with E-state index in [1.165, 1.54) is 17.7 Å². The summed E-state index contributed by atoms with van der Waals surface area (Å²) >= 11 is 0. The summed E-state index contributed by atoms with van der Waals surface area (Å²) in [6.45, 7) is 2.73. The Labute approximate surface area is 186 Å². The predicted molar refractivity (Wildman–Crippen MR) is 117 cm³/mol. The summed E-state index contributed by atoms with van der Waals surface area (Å²) in [5.41, 5.74) is 1.50.